The molecule has 0 spiro atoms. The minimum Gasteiger partial charge on any atom is -0.493 e. The van der Waals surface area contributed by atoms with Crippen LogP contribution in [0.25, 0.3) is 0 Å². The van der Waals surface area contributed by atoms with E-state index in [1.54, 1.807) is 21.3 Å². The Bertz CT molecular complexity index is 382. The lowest BCUT2D eigenvalue weighted by Gasteiger charge is -2.13. The Morgan fingerprint density at radius 2 is 1.65 bits per heavy atom. The molecule has 0 radical (unpaired) electrons. The summed E-state index contributed by atoms with van der Waals surface area (Å²) in [6.07, 6.45) is 1.42. The molecule has 1 rings (SSSR count). The Morgan fingerprint density at radius 1 is 1.12 bits per heavy atom. The standard InChI is InChI=1S/C12H17NO3S/c1-14-9-6-8(4-5-11(13)17)7-10(15-2)12(9)16-3/h6-7H,4-5H2,1-3H3,(H2,13,17). The van der Waals surface area contributed by atoms with Crippen molar-refractivity contribution in [3.8, 4) is 17.2 Å². The molecule has 0 aliphatic rings. The molecule has 0 saturated carbocycles. The molecule has 0 aliphatic carbocycles. The number of aryl methyl sites for hydroxylation is 1. The molecule has 1 aromatic rings. The first kappa shape index (κ1) is 13.6. The van der Waals surface area contributed by atoms with Crippen LogP contribution in [0.1, 0.15) is 12.0 Å². The largest absolute Gasteiger partial charge is 0.493 e. The van der Waals surface area contributed by atoms with Crippen molar-refractivity contribution in [3.63, 3.8) is 0 Å². The van der Waals surface area contributed by atoms with E-state index >= 15 is 0 Å². The summed E-state index contributed by atoms with van der Waals surface area (Å²) in [7, 11) is 4.76. The number of nitrogens with two attached hydrogens (primary N) is 1. The normalized spacial score (nSPS) is 9.82. The maximum Gasteiger partial charge on any atom is 0.203 e. The van der Waals surface area contributed by atoms with Gasteiger partial charge in [-0.05, 0) is 24.1 Å². The van der Waals surface area contributed by atoms with Crippen LogP contribution in [0, 0.1) is 0 Å². The SMILES string of the molecule is COc1cc(CCC(N)=S)cc(OC)c1OC. The van der Waals surface area contributed by atoms with Crippen LogP contribution in [-0.4, -0.2) is 26.3 Å². The third-order valence-electron chi connectivity index (χ3n) is 2.38. The number of thiocarbonyl (C=S) groups is 1. The third kappa shape index (κ3) is 3.49. The summed E-state index contributed by atoms with van der Waals surface area (Å²) in [6.45, 7) is 0. The third-order valence-corrected chi connectivity index (χ3v) is 2.59. The number of benzene rings is 1. The van der Waals surface area contributed by atoms with Crippen LogP contribution in [-0.2, 0) is 6.42 Å². The quantitative estimate of drug-likeness (QED) is 0.787. The molecule has 0 atom stereocenters. The molecule has 4 nitrogen and oxygen atoms in total. The van der Waals surface area contributed by atoms with Crippen LogP contribution in [0.15, 0.2) is 12.1 Å². The highest BCUT2D eigenvalue weighted by molar-refractivity contribution is 7.80. The lowest BCUT2D eigenvalue weighted by atomic mass is 10.1. The highest BCUT2D eigenvalue weighted by atomic mass is 32.1. The highest BCUT2D eigenvalue weighted by Gasteiger charge is 2.12. The lowest BCUT2D eigenvalue weighted by Crippen LogP contribution is -2.08. The fraction of sp³-hybridized carbons (Fsp3) is 0.417. The number of ether oxygens (including phenoxy) is 3. The molecule has 0 saturated heterocycles. The average molecular weight is 255 g/mol. The van der Waals surface area contributed by atoms with E-state index in [1.165, 1.54) is 0 Å². The van der Waals surface area contributed by atoms with E-state index in [0.717, 1.165) is 12.0 Å². The molecular weight excluding hydrogens is 238 g/mol. The van der Waals surface area contributed by atoms with Crippen molar-refractivity contribution < 1.29 is 14.2 Å². The van der Waals surface area contributed by atoms with Gasteiger partial charge in [-0.25, -0.2) is 0 Å². The zero-order valence-corrected chi connectivity index (χ0v) is 11.1. The van der Waals surface area contributed by atoms with Gasteiger partial charge in [-0.3, -0.25) is 0 Å². The van der Waals surface area contributed by atoms with Crippen LogP contribution in [0.5, 0.6) is 17.2 Å². The van der Waals surface area contributed by atoms with E-state index in [4.69, 9.17) is 32.2 Å². The van der Waals surface area contributed by atoms with E-state index in [9.17, 15) is 0 Å². The lowest BCUT2D eigenvalue weighted by molar-refractivity contribution is 0.324. The Labute approximate surface area is 107 Å². The number of hydrogen-bond acceptors (Lipinski definition) is 4. The smallest absolute Gasteiger partial charge is 0.203 e. The molecular formula is C12H17NO3S. The maximum absolute atomic E-state index is 5.48. The Hall–Kier alpha value is -1.49. The molecule has 0 amide bonds. The summed E-state index contributed by atoms with van der Waals surface area (Å²) < 4.78 is 15.8. The fourth-order valence-corrected chi connectivity index (χ4v) is 1.65. The minimum absolute atomic E-state index is 0.499. The number of methoxy groups -OCH3 is 3. The molecule has 94 valence electrons. The average Bonchev–Trinajstić information content (AvgIpc) is 2.34. The topological polar surface area (TPSA) is 53.7 Å². The van der Waals surface area contributed by atoms with Gasteiger partial charge in [0.2, 0.25) is 5.75 Å². The number of rotatable bonds is 6. The second kappa shape index (κ2) is 6.30. The zero-order chi connectivity index (χ0) is 12.8. The van der Waals surface area contributed by atoms with E-state index < -0.39 is 0 Å². The summed E-state index contributed by atoms with van der Waals surface area (Å²) in [6, 6.07) is 3.80. The molecule has 2 N–H and O–H groups in total. The molecule has 17 heavy (non-hydrogen) atoms. The van der Waals surface area contributed by atoms with Crippen molar-refractivity contribution in [1.82, 2.24) is 0 Å². The summed E-state index contributed by atoms with van der Waals surface area (Å²) in [5, 5.41) is 0. The van der Waals surface area contributed by atoms with Crippen molar-refractivity contribution in [2.45, 2.75) is 12.8 Å². The minimum atomic E-state index is 0.499. The molecule has 5 heteroatoms. The Balaban J connectivity index is 3.04. The van der Waals surface area contributed by atoms with Gasteiger partial charge >= 0.3 is 0 Å². The van der Waals surface area contributed by atoms with Gasteiger partial charge in [0.15, 0.2) is 11.5 Å². The van der Waals surface area contributed by atoms with E-state index in [2.05, 4.69) is 0 Å². The molecule has 0 aliphatic heterocycles. The summed E-state index contributed by atoms with van der Waals surface area (Å²) in [4.78, 5) is 0.499. The zero-order valence-electron chi connectivity index (χ0n) is 10.3. The molecule has 0 fully saturated rings. The summed E-state index contributed by atoms with van der Waals surface area (Å²) in [5.74, 6) is 1.88. The van der Waals surface area contributed by atoms with Crippen molar-refractivity contribution >= 4 is 17.2 Å². The van der Waals surface area contributed by atoms with E-state index in [1.807, 2.05) is 12.1 Å². The van der Waals surface area contributed by atoms with E-state index in [0.29, 0.717) is 28.7 Å². The van der Waals surface area contributed by atoms with Gasteiger partial charge in [-0.1, -0.05) is 12.2 Å². The van der Waals surface area contributed by atoms with Crippen molar-refractivity contribution in [2.24, 2.45) is 5.73 Å². The van der Waals surface area contributed by atoms with Gasteiger partial charge in [0.25, 0.3) is 0 Å². The summed E-state index contributed by atoms with van der Waals surface area (Å²) in [5.41, 5.74) is 6.53. The van der Waals surface area contributed by atoms with Gasteiger partial charge in [0, 0.05) is 6.42 Å². The first-order valence-electron chi connectivity index (χ1n) is 5.19. The molecule has 0 bridgehead atoms. The predicted molar refractivity (Wildman–Crippen MR) is 71.2 cm³/mol. The van der Waals surface area contributed by atoms with Gasteiger partial charge in [-0.15, -0.1) is 0 Å². The number of hydrogen-bond donors (Lipinski definition) is 1. The van der Waals surface area contributed by atoms with Gasteiger partial charge in [-0.2, -0.15) is 0 Å². The van der Waals surface area contributed by atoms with Crippen LogP contribution in [0.3, 0.4) is 0 Å². The van der Waals surface area contributed by atoms with E-state index in [-0.39, 0.29) is 0 Å². The van der Waals surface area contributed by atoms with Gasteiger partial charge in [0.1, 0.15) is 0 Å². The van der Waals surface area contributed by atoms with Crippen LogP contribution in [0.4, 0.5) is 0 Å². The maximum atomic E-state index is 5.48. The van der Waals surface area contributed by atoms with Crippen molar-refractivity contribution in [2.75, 3.05) is 21.3 Å². The van der Waals surface area contributed by atoms with Gasteiger partial charge in [0.05, 0.1) is 26.3 Å². The van der Waals surface area contributed by atoms with Crippen LogP contribution in [0.2, 0.25) is 0 Å². The van der Waals surface area contributed by atoms with Gasteiger partial charge < -0.3 is 19.9 Å². The predicted octanol–water partition coefficient (Wildman–Crippen LogP) is 1.93. The first-order valence-corrected chi connectivity index (χ1v) is 5.60. The second-order valence-electron chi connectivity index (χ2n) is 3.50. The summed E-state index contributed by atoms with van der Waals surface area (Å²) >= 11 is 4.86. The molecule has 0 heterocycles. The molecule has 0 unspecified atom stereocenters. The fourth-order valence-electron chi connectivity index (χ4n) is 1.55. The highest BCUT2D eigenvalue weighted by Crippen LogP contribution is 2.38. The second-order valence-corrected chi connectivity index (χ2v) is 4.02. The Kier molecular flexibility index (Phi) is 5.03. The Morgan fingerprint density at radius 3 is 2.00 bits per heavy atom. The molecule has 0 aromatic heterocycles. The van der Waals surface area contributed by atoms with Crippen LogP contribution >= 0.6 is 12.2 Å². The van der Waals surface area contributed by atoms with Crippen molar-refractivity contribution in [3.05, 3.63) is 17.7 Å². The monoisotopic (exact) mass is 255 g/mol. The van der Waals surface area contributed by atoms with Crippen molar-refractivity contribution in [1.29, 1.82) is 0 Å². The van der Waals surface area contributed by atoms with Crippen LogP contribution < -0.4 is 19.9 Å². The first-order chi connectivity index (χ1) is 8.12. The molecule has 1 aromatic carbocycles.